The molecule has 6 heteroatoms. The smallest absolute Gasteiger partial charge is 0.233 e. The molecule has 1 amide bonds. The summed E-state index contributed by atoms with van der Waals surface area (Å²) < 4.78 is 0. The number of likely N-dealkylation sites (N-methyl/N-ethyl adjacent to an activating group) is 1. The van der Waals surface area contributed by atoms with Gasteiger partial charge in [0, 0.05) is 44.6 Å². The fraction of sp³-hybridized carbons (Fsp3) is 0.615. The van der Waals surface area contributed by atoms with Crippen LogP contribution in [0.5, 0.6) is 0 Å². The van der Waals surface area contributed by atoms with E-state index < -0.39 is 6.10 Å². The van der Waals surface area contributed by atoms with Gasteiger partial charge < -0.3 is 10.4 Å². The lowest BCUT2D eigenvalue weighted by molar-refractivity contribution is -0.122. The zero-order chi connectivity index (χ0) is 13.7. The van der Waals surface area contributed by atoms with Crippen LogP contribution in [0.2, 0.25) is 0 Å². The fourth-order valence-electron chi connectivity index (χ4n) is 2.23. The number of rotatable bonds is 5. The summed E-state index contributed by atoms with van der Waals surface area (Å²) >= 11 is 1.59. The van der Waals surface area contributed by atoms with Crippen molar-refractivity contribution in [3.05, 3.63) is 22.4 Å². The summed E-state index contributed by atoms with van der Waals surface area (Å²) in [6, 6.07) is 3.93. The molecule has 0 radical (unpaired) electrons. The number of hydrogen-bond acceptors (Lipinski definition) is 5. The third kappa shape index (κ3) is 4.28. The topological polar surface area (TPSA) is 55.8 Å². The molecule has 0 unspecified atom stereocenters. The zero-order valence-corrected chi connectivity index (χ0v) is 12.0. The van der Waals surface area contributed by atoms with Crippen molar-refractivity contribution in [1.82, 2.24) is 15.1 Å². The minimum Gasteiger partial charge on any atom is -0.386 e. The molecule has 106 valence electrons. The van der Waals surface area contributed by atoms with Gasteiger partial charge in [0.2, 0.25) is 5.91 Å². The van der Waals surface area contributed by atoms with Crippen LogP contribution in [0, 0.1) is 0 Å². The lowest BCUT2D eigenvalue weighted by Crippen LogP contribution is -2.49. The van der Waals surface area contributed by atoms with Gasteiger partial charge in [-0.1, -0.05) is 6.07 Å². The minimum absolute atomic E-state index is 0.0621. The number of β-amino-alcohol motifs (C(OH)–C–C–N with tert-alkyl or cyclic N) is 1. The van der Waals surface area contributed by atoms with Crippen molar-refractivity contribution in [2.45, 2.75) is 6.10 Å². The van der Waals surface area contributed by atoms with E-state index in [2.05, 4.69) is 15.1 Å². The second kappa shape index (κ2) is 7.00. The van der Waals surface area contributed by atoms with E-state index in [0.29, 0.717) is 13.1 Å². The summed E-state index contributed by atoms with van der Waals surface area (Å²) in [6.07, 6.45) is -0.398. The summed E-state index contributed by atoms with van der Waals surface area (Å²) in [6.45, 7) is 4.71. The molecule has 0 spiro atoms. The number of carbonyl (C=O) groups is 1. The molecular weight excluding hydrogens is 262 g/mol. The van der Waals surface area contributed by atoms with Crippen molar-refractivity contribution >= 4 is 17.2 Å². The molecule has 1 saturated heterocycles. The van der Waals surface area contributed by atoms with Gasteiger partial charge in [0.15, 0.2) is 0 Å². The predicted octanol–water partition coefficient (Wildman–Crippen LogP) is 0.145. The standard InChI is InChI=1S/C13H21N3O2S/c1-14-13(18)10-16-6-4-15(5-7-16)9-11(17)12-3-2-8-19-12/h2-3,8,11,17H,4-7,9-10H2,1H3,(H,14,18)/t11-/m0/s1. The highest BCUT2D eigenvalue weighted by Crippen LogP contribution is 2.20. The Morgan fingerprint density at radius 3 is 2.68 bits per heavy atom. The van der Waals surface area contributed by atoms with Crippen LogP contribution in [0.1, 0.15) is 11.0 Å². The number of carbonyl (C=O) groups excluding carboxylic acids is 1. The Labute approximate surface area is 117 Å². The zero-order valence-electron chi connectivity index (χ0n) is 11.2. The van der Waals surface area contributed by atoms with E-state index in [4.69, 9.17) is 0 Å². The molecule has 2 rings (SSSR count). The van der Waals surface area contributed by atoms with Gasteiger partial charge >= 0.3 is 0 Å². The third-order valence-corrected chi connectivity index (χ3v) is 4.39. The number of aliphatic hydroxyl groups excluding tert-OH is 1. The Balaban J connectivity index is 1.73. The molecule has 2 heterocycles. The second-order valence-corrected chi connectivity index (χ2v) is 5.76. The normalized spacial score (nSPS) is 19.3. The molecule has 1 aromatic heterocycles. The van der Waals surface area contributed by atoms with E-state index in [1.165, 1.54) is 0 Å². The average molecular weight is 283 g/mol. The third-order valence-electron chi connectivity index (χ3n) is 3.41. The molecule has 19 heavy (non-hydrogen) atoms. The molecule has 1 aliphatic rings. The maximum atomic E-state index is 11.3. The lowest BCUT2D eigenvalue weighted by atomic mass is 10.2. The molecule has 0 bridgehead atoms. The van der Waals surface area contributed by atoms with Crippen molar-refractivity contribution < 1.29 is 9.90 Å². The first-order valence-electron chi connectivity index (χ1n) is 6.56. The maximum Gasteiger partial charge on any atom is 0.233 e. The largest absolute Gasteiger partial charge is 0.386 e. The SMILES string of the molecule is CNC(=O)CN1CCN(C[C@H](O)c2cccs2)CC1. The first kappa shape index (κ1) is 14.5. The van der Waals surface area contributed by atoms with E-state index in [1.807, 2.05) is 17.5 Å². The molecule has 2 N–H and O–H groups in total. The van der Waals surface area contributed by atoms with Crippen molar-refractivity contribution in [1.29, 1.82) is 0 Å². The van der Waals surface area contributed by atoms with Gasteiger partial charge in [-0.25, -0.2) is 0 Å². The van der Waals surface area contributed by atoms with Crippen LogP contribution < -0.4 is 5.32 Å². The molecule has 1 atom stereocenters. The van der Waals surface area contributed by atoms with Gasteiger partial charge in [0.1, 0.15) is 6.10 Å². The second-order valence-electron chi connectivity index (χ2n) is 4.78. The Hall–Kier alpha value is -0.950. The van der Waals surface area contributed by atoms with Crippen LogP contribution >= 0.6 is 11.3 Å². The molecule has 1 aromatic rings. The van der Waals surface area contributed by atoms with Gasteiger partial charge in [0.25, 0.3) is 0 Å². The van der Waals surface area contributed by atoms with Gasteiger partial charge in [-0.3, -0.25) is 14.6 Å². The number of nitrogens with one attached hydrogen (secondary N) is 1. The number of nitrogens with zero attached hydrogens (tertiary/aromatic N) is 2. The summed E-state index contributed by atoms with van der Waals surface area (Å²) in [4.78, 5) is 16.7. The lowest BCUT2D eigenvalue weighted by Gasteiger charge is -2.35. The van der Waals surface area contributed by atoms with Gasteiger partial charge in [0.05, 0.1) is 6.54 Å². The van der Waals surface area contributed by atoms with Crippen LogP contribution in [0.3, 0.4) is 0 Å². The average Bonchev–Trinajstić information content (AvgIpc) is 2.95. The molecule has 5 nitrogen and oxygen atoms in total. The van der Waals surface area contributed by atoms with Crippen LogP contribution in [0.4, 0.5) is 0 Å². The number of amides is 1. The predicted molar refractivity (Wildman–Crippen MR) is 76.2 cm³/mol. The summed E-state index contributed by atoms with van der Waals surface area (Å²) in [5.74, 6) is 0.0621. The van der Waals surface area contributed by atoms with Crippen molar-refractivity contribution in [2.75, 3.05) is 46.3 Å². The summed E-state index contributed by atoms with van der Waals surface area (Å²) in [5.41, 5.74) is 0. The van der Waals surface area contributed by atoms with Crippen LogP contribution in [0.15, 0.2) is 17.5 Å². The van der Waals surface area contributed by atoms with Crippen LogP contribution in [-0.4, -0.2) is 67.1 Å². The van der Waals surface area contributed by atoms with E-state index in [1.54, 1.807) is 18.4 Å². The quantitative estimate of drug-likeness (QED) is 0.807. The highest BCUT2D eigenvalue weighted by molar-refractivity contribution is 7.10. The first-order chi connectivity index (χ1) is 9.19. The van der Waals surface area contributed by atoms with Crippen molar-refractivity contribution in [2.24, 2.45) is 0 Å². The van der Waals surface area contributed by atoms with Crippen LogP contribution in [-0.2, 0) is 4.79 Å². The van der Waals surface area contributed by atoms with Crippen LogP contribution in [0.25, 0.3) is 0 Å². The monoisotopic (exact) mass is 283 g/mol. The summed E-state index contributed by atoms with van der Waals surface area (Å²) in [7, 11) is 1.66. The Bertz CT molecular complexity index is 389. The molecule has 1 aliphatic heterocycles. The highest BCUT2D eigenvalue weighted by Gasteiger charge is 2.21. The fourth-order valence-corrected chi connectivity index (χ4v) is 2.93. The van der Waals surface area contributed by atoms with E-state index in [-0.39, 0.29) is 5.91 Å². The Kier molecular flexibility index (Phi) is 5.33. The van der Waals surface area contributed by atoms with Gasteiger partial charge in [-0.2, -0.15) is 0 Å². The Morgan fingerprint density at radius 2 is 2.11 bits per heavy atom. The maximum absolute atomic E-state index is 11.3. The number of thiophene rings is 1. The molecular formula is C13H21N3O2S. The van der Waals surface area contributed by atoms with Gasteiger partial charge in [-0.05, 0) is 11.4 Å². The molecule has 0 aromatic carbocycles. The Morgan fingerprint density at radius 1 is 1.42 bits per heavy atom. The number of aliphatic hydroxyl groups is 1. The number of hydrogen-bond donors (Lipinski definition) is 2. The highest BCUT2D eigenvalue weighted by atomic mass is 32.1. The van der Waals surface area contributed by atoms with E-state index in [9.17, 15) is 9.90 Å². The molecule has 1 fully saturated rings. The van der Waals surface area contributed by atoms with Gasteiger partial charge in [-0.15, -0.1) is 11.3 Å². The van der Waals surface area contributed by atoms with E-state index in [0.717, 1.165) is 31.1 Å². The molecule has 0 aliphatic carbocycles. The number of piperazine rings is 1. The van der Waals surface area contributed by atoms with E-state index >= 15 is 0 Å². The minimum atomic E-state index is -0.398. The first-order valence-corrected chi connectivity index (χ1v) is 7.43. The van der Waals surface area contributed by atoms with Crippen molar-refractivity contribution in [3.8, 4) is 0 Å². The molecule has 0 saturated carbocycles. The summed E-state index contributed by atoms with van der Waals surface area (Å²) in [5, 5.41) is 14.7. The van der Waals surface area contributed by atoms with Crippen molar-refractivity contribution in [3.63, 3.8) is 0 Å².